The van der Waals surface area contributed by atoms with Gasteiger partial charge in [0, 0.05) is 31.9 Å². The van der Waals surface area contributed by atoms with Gasteiger partial charge < -0.3 is 14.4 Å². The van der Waals surface area contributed by atoms with E-state index in [0.29, 0.717) is 0 Å². The first-order valence-corrected chi connectivity index (χ1v) is 12.5. The molecule has 1 saturated heterocycles. The predicted molar refractivity (Wildman–Crippen MR) is 136 cm³/mol. The molecule has 2 aromatic carbocycles. The number of hydrogen-bond donors (Lipinski definition) is 1. The van der Waals surface area contributed by atoms with Gasteiger partial charge in [0.1, 0.15) is 5.60 Å². The quantitative estimate of drug-likeness (QED) is 0.362. The van der Waals surface area contributed by atoms with Gasteiger partial charge in [0.25, 0.3) is 0 Å². The molecular formula is C28H40N2O3. The second-order valence-corrected chi connectivity index (χ2v) is 9.24. The van der Waals surface area contributed by atoms with Gasteiger partial charge in [0.2, 0.25) is 0 Å². The third-order valence-corrected chi connectivity index (χ3v) is 6.41. The lowest BCUT2D eigenvalue weighted by Gasteiger charge is -2.38. The summed E-state index contributed by atoms with van der Waals surface area (Å²) in [4.78, 5) is 15.2. The van der Waals surface area contributed by atoms with E-state index in [9.17, 15) is 4.79 Å². The van der Waals surface area contributed by atoms with Crippen molar-refractivity contribution in [3.05, 3.63) is 54.6 Å². The molecular weight excluding hydrogens is 412 g/mol. The fraction of sp³-hybridized carbons (Fsp3) is 0.536. The number of unbranched alkanes of at least 4 members (excludes halogenated alkanes) is 3. The summed E-state index contributed by atoms with van der Waals surface area (Å²) in [6, 6.07) is 17.9. The van der Waals surface area contributed by atoms with Crippen LogP contribution in [0, 0.1) is 0 Å². The van der Waals surface area contributed by atoms with E-state index in [1.165, 1.54) is 19.3 Å². The average Bonchev–Trinajstić information content (AvgIpc) is 2.83. The molecule has 0 atom stereocenters. The van der Waals surface area contributed by atoms with E-state index in [1.54, 1.807) is 0 Å². The molecule has 0 aromatic heterocycles. The lowest BCUT2D eigenvalue weighted by Crippen LogP contribution is -2.46. The number of likely N-dealkylation sites (tertiary alicyclic amines) is 1. The Morgan fingerprint density at radius 1 is 0.939 bits per heavy atom. The first-order chi connectivity index (χ1) is 16.1. The van der Waals surface area contributed by atoms with Crippen LogP contribution in [0.2, 0.25) is 0 Å². The molecule has 5 heteroatoms. The highest BCUT2D eigenvalue weighted by molar-refractivity contribution is 5.91. The Kier molecular flexibility index (Phi) is 10.2. The zero-order valence-corrected chi connectivity index (χ0v) is 20.4. The van der Waals surface area contributed by atoms with Gasteiger partial charge in [-0.3, -0.25) is 5.32 Å². The summed E-state index contributed by atoms with van der Waals surface area (Å²) < 4.78 is 11.6. The van der Waals surface area contributed by atoms with Crippen LogP contribution in [0.5, 0.6) is 0 Å². The van der Waals surface area contributed by atoms with Crippen LogP contribution in [0.1, 0.15) is 58.8 Å². The Morgan fingerprint density at radius 2 is 1.61 bits per heavy atom. The molecule has 1 N–H and O–H groups in total. The highest BCUT2D eigenvalue weighted by atomic mass is 16.6. The first kappa shape index (κ1) is 25.3. The number of anilines is 1. The van der Waals surface area contributed by atoms with Gasteiger partial charge in [-0.1, -0.05) is 68.3 Å². The molecule has 0 spiro atoms. The van der Waals surface area contributed by atoms with E-state index >= 15 is 0 Å². The molecule has 1 amide bonds. The van der Waals surface area contributed by atoms with E-state index in [0.717, 1.165) is 75.3 Å². The number of nitrogens with zero attached hydrogens (tertiary/aromatic N) is 1. The van der Waals surface area contributed by atoms with Crippen LogP contribution in [0.15, 0.2) is 54.6 Å². The summed E-state index contributed by atoms with van der Waals surface area (Å²) in [5.41, 5.74) is 2.40. The van der Waals surface area contributed by atoms with Crippen LogP contribution in [0.3, 0.4) is 0 Å². The Bertz CT molecular complexity index is 832. The molecule has 0 aliphatic carbocycles. The van der Waals surface area contributed by atoms with Gasteiger partial charge in [-0.2, -0.15) is 0 Å². The van der Waals surface area contributed by atoms with Crippen molar-refractivity contribution in [2.75, 3.05) is 38.2 Å². The molecule has 0 radical (unpaired) electrons. The summed E-state index contributed by atoms with van der Waals surface area (Å²) in [5.74, 6) is 0. The maximum atomic E-state index is 12.7. The Hall–Kier alpha value is -2.37. The van der Waals surface area contributed by atoms with Gasteiger partial charge in [-0.15, -0.1) is 0 Å². The summed E-state index contributed by atoms with van der Waals surface area (Å²) in [6.07, 6.45) is 7.27. The minimum Gasteiger partial charge on any atom is -0.443 e. The minimum atomic E-state index is -0.426. The molecule has 0 unspecified atom stereocenters. The lowest BCUT2D eigenvalue weighted by atomic mass is 9.93. The van der Waals surface area contributed by atoms with Crippen molar-refractivity contribution >= 4 is 11.8 Å². The fourth-order valence-corrected chi connectivity index (χ4v) is 4.27. The molecule has 1 fully saturated rings. The largest absolute Gasteiger partial charge is 0.443 e. The van der Waals surface area contributed by atoms with Crippen LogP contribution in [-0.4, -0.2) is 49.4 Å². The second kappa shape index (κ2) is 13.4. The number of ether oxygens (including phenoxy) is 2. The molecule has 0 bridgehead atoms. The predicted octanol–water partition coefficient (Wildman–Crippen LogP) is 6.74. The number of carbonyl (C=O) groups is 1. The van der Waals surface area contributed by atoms with Gasteiger partial charge in [0.05, 0.1) is 5.69 Å². The maximum Gasteiger partial charge on any atom is 0.412 e. The van der Waals surface area contributed by atoms with Crippen LogP contribution in [-0.2, 0) is 9.47 Å². The van der Waals surface area contributed by atoms with Crippen molar-refractivity contribution in [2.24, 2.45) is 0 Å². The number of para-hydroxylation sites is 1. The van der Waals surface area contributed by atoms with E-state index in [2.05, 4.69) is 24.1 Å². The van der Waals surface area contributed by atoms with Crippen LogP contribution >= 0.6 is 0 Å². The van der Waals surface area contributed by atoms with Crippen molar-refractivity contribution in [1.29, 1.82) is 0 Å². The summed E-state index contributed by atoms with van der Waals surface area (Å²) in [5, 5.41) is 2.97. The van der Waals surface area contributed by atoms with Crippen molar-refractivity contribution in [2.45, 2.75) is 64.4 Å². The SMILES string of the molecule is CCCCCOCCCCN1CCC(C)(OC(=O)Nc2ccccc2-c2ccccc2)CC1. The van der Waals surface area contributed by atoms with Crippen LogP contribution in [0.4, 0.5) is 10.5 Å². The normalized spacial score (nSPS) is 15.8. The minimum absolute atomic E-state index is 0.380. The van der Waals surface area contributed by atoms with Crippen molar-refractivity contribution in [3.63, 3.8) is 0 Å². The number of carbonyl (C=O) groups excluding carboxylic acids is 1. The molecule has 180 valence electrons. The third-order valence-electron chi connectivity index (χ3n) is 6.41. The molecule has 0 saturated carbocycles. The summed E-state index contributed by atoms with van der Waals surface area (Å²) >= 11 is 0. The molecule has 1 aliphatic rings. The van der Waals surface area contributed by atoms with Crippen molar-refractivity contribution in [3.8, 4) is 11.1 Å². The van der Waals surface area contributed by atoms with Gasteiger partial charge in [0.15, 0.2) is 0 Å². The zero-order chi connectivity index (χ0) is 23.4. The second-order valence-electron chi connectivity index (χ2n) is 9.24. The highest BCUT2D eigenvalue weighted by Gasteiger charge is 2.33. The Balaban J connectivity index is 1.39. The fourth-order valence-electron chi connectivity index (χ4n) is 4.27. The highest BCUT2D eigenvalue weighted by Crippen LogP contribution is 2.30. The lowest BCUT2D eigenvalue weighted by molar-refractivity contribution is -0.0166. The average molecular weight is 453 g/mol. The smallest absolute Gasteiger partial charge is 0.412 e. The molecule has 1 heterocycles. The van der Waals surface area contributed by atoms with E-state index in [4.69, 9.17) is 9.47 Å². The first-order valence-electron chi connectivity index (χ1n) is 12.5. The summed E-state index contributed by atoms with van der Waals surface area (Å²) in [6.45, 7) is 9.03. The van der Waals surface area contributed by atoms with E-state index < -0.39 is 5.60 Å². The number of piperidine rings is 1. The topological polar surface area (TPSA) is 50.8 Å². The van der Waals surface area contributed by atoms with Crippen LogP contribution < -0.4 is 5.32 Å². The molecule has 3 rings (SSSR count). The van der Waals surface area contributed by atoms with E-state index in [-0.39, 0.29) is 6.09 Å². The van der Waals surface area contributed by atoms with Crippen LogP contribution in [0.25, 0.3) is 11.1 Å². The van der Waals surface area contributed by atoms with E-state index in [1.807, 2.05) is 54.6 Å². The van der Waals surface area contributed by atoms with Crippen molar-refractivity contribution in [1.82, 2.24) is 4.90 Å². The molecule has 1 aliphatic heterocycles. The number of benzene rings is 2. The number of nitrogens with one attached hydrogen (secondary N) is 1. The maximum absolute atomic E-state index is 12.7. The number of rotatable bonds is 12. The Labute approximate surface area is 199 Å². The monoisotopic (exact) mass is 452 g/mol. The summed E-state index contributed by atoms with van der Waals surface area (Å²) in [7, 11) is 0. The van der Waals surface area contributed by atoms with Gasteiger partial charge in [-0.05, 0) is 57.2 Å². The number of amides is 1. The standard InChI is InChI=1S/C28H40N2O3/c1-3-4-11-22-32-23-12-10-19-30-20-17-28(2,18-21-30)33-27(31)29-26-16-9-8-15-25(26)24-13-6-5-7-14-24/h5-9,13-16H,3-4,10-12,17-23H2,1-2H3,(H,29,31). The Morgan fingerprint density at radius 3 is 2.33 bits per heavy atom. The van der Waals surface area contributed by atoms with Crippen molar-refractivity contribution < 1.29 is 14.3 Å². The number of hydrogen-bond acceptors (Lipinski definition) is 4. The molecule has 2 aromatic rings. The molecule has 5 nitrogen and oxygen atoms in total. The third kappa shape index (κ3) is 8.49. The van der Waals surface area contributed by atoms with Gasteiger partial charge in [-0.25, -0.2) is 4.79 Å². The van der Waals surface area contributed by atoms with Gasteiger partial charge >= 0.3 is 6.09 Å². The molecule has 33 heavy (non-hydrogen) atoms. The zero-order valence-electron chi connectivity index (χ0n) is 20.4.